The first-order valence-corrected chi connectivity index (χ1v) is 10.2. The van der Waals surface area contributed by atoms with Crippen LogP contribution in [0.1, 0.15) is 22.7 Å². The van der Waals surface area contributed by atoms with Crippen LogP contribution in [0.4, 0.5) is 10.1 Å². The van der Waals surface area contributed by atoms with E-state index in [1.807, 2.05) is 13.0 Å². The molecule has 1 fully saturated rings. The van der Waals surface area contributed by atoms with Crippen LogP contribution in [0.25, 0.3) is 5.76 Å². The number of methoxy groups -OCH3 is 2. The molecule has 0 saturated carbocycles. The van der Waals surface area contributed by atoms with Crippen molar-refractivity contribution < 1.29 is 28.6 Å². The molecule has 0 aromatic heterocycles. The number of aliphatic hydroxyl groups is 1. The number of halogens is 1. The highest BCUT2D eigenvalue weighted by Gasteiger charge is 2.47. The lowest BCUT2D eigenvalue weighted by Gasteiger charge is -2.26. The van der Waals surface area contributed by atoms with Crippen molar-refractivity contribution in [1.29, 1.82) is 0 Å². The van der Waals surface area contributed by atoms with Gasteiger partial charge in [-0.15, -0.1) is 0 Å². The van der Waals surface area contributed by atoms with Gasteiger partial charge in [-0.1, -0.05) is 29.8 Å². The number of amides is 1. The number of carbonyl (C=O) groups excluding carboxylic acids is 2. The second kappa shape index (κ2) is 8.78. The lowest BCUT2D eigenvalue weighted by Crippen LogP contribution is -2.29. The van der Waals surface area contributed by atoms with Gasteiger partial charge in [-0.2, -0.15) is 0 Å². The second-order valence-corrected chi connectivity index (χ2v) is 7.63. The molecule has 1 aliphatic heterocycles. The van der Waals surface area contributed by atoms with E-state index in [-0.39, 0.29) is 16.9 Å². The van der Waals surface area contributed by atoms with Gasteiger partial charge in [0, 0.05) is 11.8 Å². The quantitative estimate of drug-likeness (QED) is 0.346. The van der Waals surface area contributed by atoms with Gasteiger partial charge in [0.25, 0.3) is 11.7 Å². The zero-order valence-corrected chi connectivity index (χ0v) is 18.3. The van der Waals surface area contributed by atoms with Gasteiger partial charge in [0.15, 0.2) is 0 Å². The van der Waals surface area contributed by atoms with Gasteiger partial charge in [0.2, 0.25) is 0 Å². The molecule has 1 aliphatic rings. The maximum absolute atomic E-state index is 13.7. The summed E-state index contributed by atoms with van der Waals surface area (Å²) in [5, 5.41) is 11.3. The SMILES string of the molecule is COc1cccc(N2C(=O)C(=O)/C(=C(/O)c3cc(C)ccc3OC)C2c2ccc(F)cc2)c1. The van der Waals surface area contributed by atoms with Crippen molar-refractivity contribution in [2.75, 3.05) is 19.1 Å². The molecule has 3 aromatic rings. The Morgan fingerprint density at radius 3 is 2.36 bits per heavy atom. The number of hydrogen-bond acceptors (Lipinski definition) is 5. The first kappa shape index (κ1) is 22.1. The maximum Gasteiger partial charge on any atom is 0.300 e. The van der Waals surface area contributed by atoms with E-state index in [2.05, 4.69) is 0 Å². The molecule has 6 nitrogen and oxygen atoms in total. The monoisotopic (exact) mass is 447 g/mol. The highest BCUT2D eigenvalue weighted by molar-refractivity contribution is 6.51. The number of ketones is 1. The molecule has 0 bridgehead atoms. The third-order valence-corrected chi connectivity index (χ3v) is 5.57. The van der Waals surface area contributed by atoms with Crippen LogP contribution in [0.5, 0.6) is 11.5 Å². The topological polar surface area (TPSA) is 76.1 Å². The molecule has 1 saturated heterocycles. The Morgan fingerprint density at radius 2 is 1.70 bits per heavy atom. The summed E-state index contributed by atoms with van der Waals surface area (Å²) in [5.41, 5.74) is 1.87. The number of ether oxygens (including phenoxy) is 2. The Hall–Kier alpha value is -4.13. The van der Waals surface area contributed by atoms with Gasteiger partial charge in [-0.25, -0.2) is 4.39 Å². The summed E-state index contributed by atoms with van der Waals surface area (Å²) < 4.78 is 24.3. The third kappa shape index (κ3) is 3.93. The Balaban J connectivity index is 1.98. The number of aliphatic hydroxyl groups excluding tert-OH is 1. The van der Waals surface area contributed by atoms with Crippen molar-refractivity contribution in [3.63, 3.8) is 0 Å². The van der Waals surface area contributed by atoms with Gasteiger partial charge in [-0.05, 0) is 48.9 Å². The molecule has 1 unspecified atom stereocenters. The summed E-state index contributed by atoms with van der Waals surface area (Å²) in [6.07, 6.45) is 0. The first-order chi connectivity index (χ1) is 15.8. The van der Waals surface area contributed by atoms with Gasteiger partial charge in [0.05, 0.1) is 31.4 Å². The molecule has 4 rings (SSSR count). The van der Waals surface area contributed by atoms with E-state index in [9.17, 15) is 19.1 Å². The number of Topliss-reactive ketones (excluding diaryl/α,β-unsaturated/α-hetero) is 1. The number of benzene rings is 3. The minimum absolute atomic E-state index is 0.113. The van der Waals surface area contributed by atoms with Crippen molar-refractivity contribution >= 4 is 23.1 Å². The smallest absolute Gasteiger partial charge is 0.300 e. The average molecular weight is 447 g/mol. The Labute approximate surface area is 190 Å². The normalized spacial score (nSPS) is 17.3. The number of rotatable bonds is 5. The molecule has 1 heterocycles. The molecule has 168 valence electrons. The minimum Gasteiger partial charge on any atom is -0.507 e. The zero-order chi connectivity index (χ0) is 23.7. The number of anilines is 1. The fraction of sp³-hybridized carbons (Fsp3) is 0.154. The van der Waals surface area contributed by atoms with E-state index in [1.165, 1.54) is 43.4 Å². The highest BCUT2D eigenvalue weighted by atomic mass is 19.1. The largest absolute Gasteiger partial charge is 0.507 e. The molecule has 1 amide bonds. The van der Waals surface area contributed by atoms with Gasteiger partial charge in [0.1, 0.15) is 23.1 Å². The summed E-state index contributed by atoms with van der Waals surface area (Å²) in [6, 6.07) is 16.3. The predicted molar refractivity (Wildman–Crippen MR) is 122 cm³/mol. The van der Waals surface area contributed by atoms with E-state index in [0.717, 1.165) is 5.56 Å². The van der Waals surface area contributed by atoms with Crippen molar-refractivity contribution in [3.05, 3.63) is 94.8 Å². The molecule has 0 aliphatic carbocycles. The number of nitrogens with zero attached hydrogens (tertiary/aromatic N) is 1. The van der Waals surface area contributed by atoms with Gasteiger partial charge in [-0.3, -0.25) is 14.5 Å². The Kier molecular flexibility index (Phi) is 5.87. The van der Waals surface area contributed by atoms with Crippen LogP contribution in [-0.2, 0) is 9.59 Å². The molecule has 1 N–H and O–H groups in total. The lowest BCUT2D eigenvalue weighted by atomic mass is 9.94. The summed E-state index contributed by atoms with van der Waals surface area (Å²) in [5.74, 6) is -1.65. The van der Waals surface area contributed by atoms with E-state index in [4.69, 9.17) is 9.47 Å². The highest BCUT2D eigenvalue weighted by Crippen LogP contribution is 2.43. The maximum atomic E-state index is 13.7. The van der Waals surface area contributed by atoms with E-state index < -0.39 is 23.5 Å². The Bertz CT molecular complexity index is 1270. The predicted octanol–water partition coefficient (Wildman–Crippen LogP) is 4.78. The zero-order valence-electron chi connectivity index (χ0n) is 18.3. The molecule has 1 atom stereocenters. The van der Waals surface area contributed by atoms with Crippen LogP contribution in [0, 0.1) is 12.7 Å². The van der Waals surface area contributed by atoms with Crippen molar-refractivity contribution in [2.45, 2.75) is 13.0 Å². The Morgan fingerprint density at radius 1 is 0.970 bits per heavy atom. The van der Waals surface area contributed by atoms with Crippen LogP contribution in [0.15, 0.2) is 72.3 Å². The van der Waals surface area contributed by atoms with Crippen LogP contribution in [-0.4, -0.2) is 31.0 Å². The number of carbonyl (C=O) groups is 2. The fourth-order valence-electron chi connectivity index (χ4n) is 3.97. The van der Waals surface area contributed by atoms with Gasteiger partial charge < -0.3 is 14.6 Å². The van der Waals surface area contributed by atoms with Crippen molar-refractivity contribution in [1.82, 2.24) is 0 Å². The summed E-state index contributed by atoms with van der Waals surface area (Å²) in [4.78, 5) is 27.7. The van der Waals surface area contributed by atoms with E-state index >= 15 is 0 Å². The number of aryl methyl sites for hydroxylation is 1. The van der Waals surface area contributed by atoms with Crippen molar-refractivity contribution in [3.8, 4) is 11.5 Å². The molecule has 0 spiro atoms. The lowest BCUT2D eigenvalue weighted by molar-refractivity contribution is -0.132. The van der Waals surface area contributed by atoms with Crippen LogP contribution >= 0.6 is 0 Å². The first-order valence-electron chi connectivity index (χ1n) is 10.2. The van der Waals surface area contributed by atoms with E-state index in [0.29, 0.717) is 22.7 Å². The molecular weight excluding hydrogens is 425 g/mol. The van der Waals surface area contributed by atoms with Crippen LogP contribution < -0.4 is 14.4 Å². The fourth-order valence-corrected chi connectivity index (χ4v) is 3.97. The second-order valence-electron chi connectivity index (χ2n) is 7.63. The van der Waals surface area contributed by atoms with Crippen LogP contribution in [0.3, 0.4) is 0 Å². The minimum atomic E-state index is -0.983. The summed E-state index contributed by atoms with van der Waals surface area (Å²) in [6.45, 7) is 1.84. The molecular formula is C26H22FNO5. The molecule has 3 aromatic carbocycles. The van der Waals surface area contributed by atoms with Gasteiger partial charge >= 0.3 is 0 Å². The standard InChI is InChI=1S/C26H22FNO5/c1-15-7-12-21(33-3)20(13-15)24(29)22-23(16-8-10-17(27)11-9-16)28(26(31)25(22)30)18-5-4-6-19(14-18)32-2/h4-14,23,29H,1-3H3/b24-22+. The third-order valence-electron chi connectivity index (χ3n) is 5.57. The molecule has 7 heteroatoms. The molecule has 33 heavy (non-hydrogen) atoms. The van der Waals surface area contributed by atoms with Crippen LogP contribution in [0.2, 0.25) is 0 Å². The van der Waals surface area contributed by atoms with Crippen molar-refractivity contribution in [2.24, 2.45) is 0 Å². The van der Waals surface area contributed by atoms with E-state index in [1.54, 1.807) is 36.4 Å². The summed E-state index contributed by atoms with van der Waals surface area (Å²) >= 11 is 0. The number of hydrogen-bond donors (Lipinski definition) is 1. The average Bonchev–Trinajstić information content (AvgIpc) is 3.09. The molecule has 0 radical (unpaired) electrons. The summed E-state index contributed by atoms with van der Waals surface area (Å²) in [7, 11) is 2.95.